The van der Waals surface area contributed by atoms with Crippen LogP contribution in [0.1, 0.15) is 22.3 Å². The molecule has 1 fully saturated rings. The van der Waals surface area contributed by atoms with Gasteiger partial charge in [0.05, 0.1) is 0 Å². The summed E-state index contributed by atoms with van der Waals surface area (Å²) in [7, 11) is 0. The SMILES string of the molecule is O=C(NCc1ccc(-c2ccccc2)cc1)C1(N2CCN(Cc3ccc(-c4ccccc4)cc3)CC2)Cc2ccccc2C1. The summed E-state index contributed by atoms with van der Waals surface area (Å²) in [5, 5.41) is 3.35. The summed E-state index contributed by atoms with van der Waals surface area (Å²) in [5.41, 5.74) is 9.40. The second-order valence-corrected chi connectivity index (χ2v) is 12.2. The molecule has 0 saturated carbocycles. The standard InChI is InChI=1S/C40H39N3O/c44-39(41-29-31-15-19-35(20-16-31)33-9-3-1-4-10-33)40(27-37-13-7-8-14-38(37)28-40)43-25-23-42(24-26-43)30-32-17-21-36(22-18-32)34-11-5-2-6-12-34/h1-22H,23-30H2,(H,41,44). The number of nitrogens with one attached hydrogen (secondary N) is 1. The molecule has 4 nitrogen and oxygen atoms in total. The highest BCUT2D eigenvalue weighted by Gasteiger charge is 2.48. The van der Waals surface area contributed by atoms with Gasteiger partial charge < -0.3 is 5.32 Å². The van der Waals surface area contributed by atoms with Crippen LogP contribution in [0.25, 0.3) is 22.3 Å². The van der Waals surface area contributed by atoms with E-state index >= 15 is 0 Å². The van der Waals surface area contributed by atoms with Crippen LogP contribution in [0.4, 0.5) is 0 Å². The van der Waals surface area contributed by atoms with Crippen molar-refractivity contribution >= 4 is 5.91 Å². The fourth-order valence-corrected chi connectivity index (χ4v) is 6.94. The highest BCUT2D eigenvalue weighted by molar-refractivity contribution is 5.88. The molecule has 2 aliphatic rings. The molecule has 0 spiro atoms. The molecule has 0 aromatic heterocycles. The minimum absolute atomic E-state index is 0.144. The zero-order valence-corrected chi connectivity index (χ0v) is 25.2. The largest absolute Gasteiger partial charge is 0.350 e. The van der Waals surface area contributed by atoms with Crippen LogP contribution in [-0.4, -0.2) is 47.4 Å². The minimum atomic E-state index is -0.545. The predicted octanol–water partition coefficient (Wildman–Crippen LogP) is 6.99. The van der Waals surface area contributed by atoms with Gasteiger partial charge in [0, 0.05) is 52.1 Å². The topological polar surface area (TPSA) is 35.6 Å². The number of rotatable bonds is 8. The first-order valence-corrected chi connectivity index (χ1v) is 15.8. The second kappa shape index (κ2) is 12.6. The highest BCUT2D eigenvalue weighted by atomic mass is 16.2. The van der Waals surface area contributed by atoms with Crippen LogP contribution in [0.15, 0.2) is 133 Å². The number of fused-ring (bicyclic) bond motifs is 1. The van der Waals surface area contributed by atoms with Crippen molar-refractivity contribution in [2.24, 2.45) is 0 Å². The molecule has 1 aliphatic carbocycles. The fraction of sp³-hybridized carbons (Fsp3) is 0.225. The van der Waals surface area contributed by atoms with Crippen molar-refractivity contribution in [2.45, 2.75) is 31.5 Å². The lowest BCUT2D eigenvalue weighted by Crippen LogP contribution is -2.64. The lowest BCUT2D eigenvalue weighted by Gasteiger charge is -2.45. The summed E-state index contributed by atoms with van der Waals surface area (Å²) < 4.78 is 0. The predicted molar refractivity (Wildman–Crippen MR) is 179 cm³/mol. The molecule has 1 amide bonds. The normalized spacial score (nSPS) is 16.4. The van der Waals surface area contributed by atoms with Crippen molar-refractivity contribution in [3.05, 3.63) is 156 Å². The van der Waals surface area contributed by atoms with Crippen LogP contribution in [0.3, 0.4) is 0 Å². The molecule has 7 rings (SSSR count). The average Bonchev–Trinajstić information content (AvgIpc) is 3.50. The van der Waals surface area contributed by atoms with Gasteiger partial charge in [0.25, 0.3) is 0 Å². The van der Waals surface area contributed by atoms with Gasteiger partial charge in [-0.05, 0) is 44.5 Å². The van der Waals surface area contributed by atoms with Crippen LogP contribution < -0.4 is 5.32 Å². The molecule has 4 heteroatoms. The first-order chi connectivity index (χ1) is 21.7. The Hall–Kier alpha value is -4.51. The maximum absolute atomic E-state index is 14.2. The Balaban J connectivity index is 1.01. The molecule has 5 aromatic carbocycles. The van der Waals surface area contributed by atoms with Crippen molar-refractivity contribution in [1.29, 1.82) is 0 Å². The van der Waals surface area contributed by atoms with Crippen LogP contribution in [0, 0.1) is 0 Å². The number of amides is 1. The van der Waals surface area contributed by atoms with E-state index in [0.29, 0.717) is 6.54 Å². The smallest absolute Gasteiger partial charge is 0.241 e. The second-order valence-electron chi connectivity index (χ2n) is 12.2. The zero-order chi connectivity index (χ0) is 29.8. The van der Waals surface area contributed by atoms with Crippen LogP contribution >= 0.6 is 0 Å². The van der Waals surface area contributed by atoms with Gasteiger partial charge in [-0.3, -0.25) is 14.6 Å². The van der Waals surface area contributed by atoms with Crippen molar-refractivity contribution in [3.63, 3.8) is 0 Å². The molecule has 0 radical (unpaired) electrons. The van der Waals surface area contributed by atoms with Gasteiger partial charge in [0.1, 0.15) is 5.54 Å². The van der Waals surface area contributed by atoms with Gasteiger partial charge in [-0.25, -0.2) is 0 Å². The lowest BCUT2D eigenvalue weighted by molar-refractivity contribution is -0.135. The van der Waals surface area contributed by atoms with E-state index in [-0.39, 0.29) is 5.91 Å². The molecule has 220 valence electrons. The molecular formula is C40H39N3O. The minimum Gasteiger partial charge on any atom is -0.350 e. The highest BCUT2D eigenvalue weighted by Crippen LogP contribution is 2.36. The van der Waals surface area contributed by atoms with E-state index < -0.39 is 5.54 Å². The molecule has 1 N–H and O–H groups in total. The molecule has 1 aliphatic heterocycles. The van der Waals surface area contributed by atoms with Gasteiger partial charge in [-0.15, -0.1) is 0 Å². The van der Waals surface area contributed by atoms with Gasteiger partial charge in [0.15, 0.2) is 0 Å². The Labute approximate surface area is 261 Å². The van der Waals surface area contributed by atoms with Gasteiger partial charge in [-0.1, -0.05) is 133 Å². The summed E-state index contributed by atoms with van der Waals surface area (Å²) in [6.45, 7) is 5.14. The quantitative estimate of drug-likeness (QED) is 0.216. The first-order valence-electron chi connectivity index (χ1n) is 15.8. The molecule has 5 aromatic rings. The molecule has 1 saturated heterocycles. The van der Waals surface area contributed by atoms with Crippen molar-refractivity contribution in [2.75, 3.05) is 26.2 Å². The van der Waals surface area contributed by atoms with Crippen LogP contribution in [0.5, 0.6) is 0 Å². The van der Waals surface area contributed by atoms with Gasteiger partial charge >= 0.3 is 0 Å². The number of piperazine rings is 1. The van der Waals surface area contributed by atoms with Crippen molar-refractivity contribution < 1.29 is 4.79 Å². The fourth-order valence-electron chi connectivity index (χ4n) is 6.94. The van der Waals surface area contributed by atoms with E-state index in [9.17, 15) is 4.79 Å². The Kier molecular flexibility index (Phi) is 8.10. The molecule has 0 unspecified atom stereocenters. The van der Waals surface area contributed by atoms with Gasteiger partial charge in [-0.2, -0.15) is 0 Å². The molecule has 0 atom stereocenters. The number of carbonyl (C=O) groups excluding carboxylic acids is 1. The molecule has 44 heavy (non-hydrogen) atoms. The monoisotopic (exact) mass is 577 g/mol. The number of hydrogen-bond donors (Lipinski definition) is 1. The lowest BCUT2D eigenvalue weighted by atomic mass is 9.90. The third-order valence-electron chi connectivity index (χ3n) is 9.47. The zero-order valence-electron chi connectivity index (χ0n) is 25.2. The van der Waals surface area contributed by atoms with Gasteiger partial charge in [0.2, 0.25) is 5.91 Å². The van der Waals surface area contributed by atoms with Crippen molar-refractivity contribution in [1.82, 2.24) is 15.1 Å². The Morgan fingerprint density at radius 1 is 0.545 bits per heavy atom. The third kappa shape index (κ3) is 5.96. The number of nitrogens with zero attached hydrogens (tertiary/aromatic N) is 2. The van der Waals surface area contributed by atoms with Crippen LogP contribution in [0.2, 0.25) is 0 Å². The maximum Gasteiger partial charge on any atom is 0.241 e. The number of hydrogen-bond acceptors (Lipinski definition) is 3. The Morgan fingerprint density at radius 2 is 1.00 bits per heavy atom. The number of carbonyl (C=O) groups is 1. The summed E-state index contributed by atoms with van der Waals surface area (Å²) in [4.78, 5) is 19.1. The van der Waals surface area contributed by atoms with E-state index in [0.717, 1.165) is 51.1 Å². The third-order valence-corrected chi connectivity index (χ3v) is 9.47. The summed E-state index contributed by atoms with van der Waals surface area (Å²) in [6, 6.07) is 47.0. The summed E-state index contributed by atoms with van der Waals surface area (Å²) in [5.74, 6) is 0.144. The van der Waals surface area contributed by atoms with E-state index in [1.54, 1.807) is 0 Å². The van der Waals surface area contributed by atoms with E-state index in [4.69, 9.17) is 0 Å². The molecular weight excluding hydrogens is 538 g/mol. The average molecular weight is 578 g/mol. The number of benzene rings is 5. The Bertz CT molecular complexity index is 1670. The van der Waals surface area contributed by atoms with E-state index in [2.05, 4.69) is 143 Å². The summed E-state index contributed by atoms with van der Waals surface area (Å²) in [6.07, 6.45) is 1.53. The first kappa shape index (κ1) is 28.3. The molecule has 0 bridgehead atoms. The van der Waals surface area contributed by atoms with Crippen molar-refractivity contribution in [3.8, 4) is 22.3 Å². The van der Waals surface area contributed by atoms with Crippen LogP contribution in [-0.2, 0) is 30.7 Å². The Morgan fingerprint density at radius 3 is 1.52 bits per heavy atom. The van der Waals surface area contributed by atoms with E-state index in [1.807, 2.05) is 6.07 Å². The maximum atomic E-state index is 14.2. The van der Waals surface area contributed by atoms with E-state index in [1.165, 1.54) is 38.9 Å². The summed E-state index contributed by atoms with van der Waals surface area (Å²) >= 11 is 0. The molecule has 1 heterocycles.